The van der Waals surface area contributed by atoms with Gasteiger partial charge in [-0.1, -0.05) is 12.1 Å². The first-order chi connectivity index (χ1) is 16.1. The standard InChI is InChI=1S/C26H24N2O5/c1-17-5-4-6-18(13-17)28-26(29)16-32-19-7-9-20(10-8-19)33-23-11-12-27-22-15-25(31-3)24(30-2)14-21(22)23/h4-15H,16H2,1-3H3,(H,28,29). The summed E-state index contributed by atoms with van der Waals surface area (Å²) >= 11 is 0. The van der Waals surface area contributed by atoms with Crippen molar-refractivity contribution in [2.75, 3.05) is 26.1 Å². The molecule has 0 radical (unpaired) electrons. The zero-order chi connectivity index (χ0) is 23.2. The predicted molar refractivity (Wildman–Crippen MR) is 127 cm³/mol. The average molecular weight is 444 g/mol. The molecular weight excluding hydrogens is 420 g/mol. The van der Waals surface area contributed by atoms with Gasteiger partial charge in [0, 0.05) is 23.3 Å². The number of nitrogens with one attached hydrogen (secondary N) is 1. The highest BCUT2D eigenvalue weighted by Crippen LogP contribution is 2.37. The maximum Gasteiger partial charge on any atom is 0.262 e. The van der Waals surface area contributed by atoms with Crippen molar-refractivity contribution in [1.29, 1.82) is 0 Å². The lowest BCUT2D eigenvalue weighted by molar-refractivity contribution is -0.118. The van der Waals surface area contributed by atoms with Gasteiger partial charge in [-0.15, -0.1) is 0 Å². The molecule has 0 spiro atoms. The Morgan fingerprint density at radius 1 is 0.879 bits per heavy atom. The highest BCUT2D eigenvalue weighted by Gasteiger charge is 2.11. The first kappa shape index (κ1) is 22.0. The number of methoxy groups -OCH3 is 2. The second kappa shape index (κ2) is 9.91. The van der Waals surface area contributed by atoms with Crippen molar-refractivity contribution in [3.63, 3.8) is 0 Å². The van der Waals surface area contributed by atoms with Crippen LogP contribution in [0.5, 0.6) is 28.7 Å². The molecular formula is C26H24N2O5. The van der Waals surface area contributed by atoms with E-state index in [1.807, 2.05) is 37.3 Å². The van der Waals surface area contributed by atoms with Crippen molar-refractivity contribution in [1.82, 2.24) is 4.98 Å². The van der Waals surface area contributed by atoms with Gasteiger partial charge >= 0.3 is 0 Å². The molecule has 7 heteroatoms. The lowest BCUT2D eigenvalue weighted by atomic mass is 10.2. The van der Waals surface area contributed by atoms with Gasteiger partial charge in [0.15, 0.2) is 18.1 Å². The monoisotopic (exact) mass is 444 g/mol. The first-order valence-electron chi connectivity index (χ1n) is 10.3. The van der Waals surface area contributed by atoms with Crippen LogP contribution in [0.3, 0.4) is 0 Å². The van der Waals surface area contributed by atoms with Crippen molar-refractivity contribution >= 4 is 22.5 Å². The van der Waals surface area contributed by atoms with Crippen molar-refractivity contribution in [2.45, 2.75) is 6.92 Å². The first-order valence-corrected chi connectivity index (χ1v) is 10.3. The summed E-state index contributed by atoms with van der Waals surface area (Å²) in [7, 11) is 3.17. The number of fused-ring (bicyclic) bond motifs is 1. The van der Waals surface area contributed by atoms with Crippen molar-refractivity contribution in [3.8, 4) is 28.7 Å². The lowest BCUT2D eigenvalue weighted by Crippen LogP contribution is -2.20. The molecule has 1 amide bonds. The summed E-state index contributed by atoms with van der Waals surface area (Å²) in [5.74, 6) is 2.78. The third-order valence-corrected chi connectivity index (χ3v) is 4.93. The molecule has 33 heavy (non-hydrogen) atoms. The van der Waals surface area contributed by atoms with Crippen LogP contribution in [0.15, 0.2) is 72.9 Å². The van der Waals surface area contributed by atoms with Crippen molar-refractivity contribution < 1.29 is 23.7 Å². The molecule has 3 aromatic carbocycles. The van der Waals surface area contributed by atoms with Crippen LogP contribution in [0.2, 0.25) is 0 Å². The molecule has 0 aliphatic rings. The summed E-state index contributed by atoms with van der Waals surface area (Å²) in [6.45, 7) is 1.88. The van der Waals surface area contributed by atoms with Crippen LogP contribution in [-0.4, -0.2) is 31.7 Å². The molecule has 0 bridgehead atoms. The molecule has 1 aromatic heterocycles. The Morgan fingerprint density at radius 2 is 1.61 bits per heavy atom. The number of hydrogen-bond acceptors (Lipinski definition) is 6. The third kappa shape index (κ3) is 5.33. The number of rotatable bonds is 8. The summed E-state index contributed by atoms with van der Waals surface area (Å²) in [5, 5.41) is 3.61. The number of nitrogens with zero attached hydrogens (tertiary/aromatic N) is 1. The molecule has 0 atom stereocenters. The lowest BCUT2D eigenvalue weighted by Gasteiger charge is -2.13. The maximum absolute atomic E-state index is 12.1. The number of anilines is 1. The minimum absolute atomic E-state index is 0.0925. The number of aryl methyl sites for hydroxylation is 1. The van der Waals surface area contributed by atoms with E-state index < -0.39 is 0 Å². The summed E-state index contributed by atoms with van der Waals surface area (Å²) in [5.41, 5.74) is 2.54. The number of aromatic nitrogens is 1. The number of benzene rings is 3. The number of carbonyl (C=O) groups excluding carboxylic acids is 1. The molecule has 4 rings (SSSR count). The summed E-state index contributed by atoms with van der Waals surface area (Å²) in [6.07, 6.45) is 1.67. The zero-order valence-corrected chi connectivity index (χ0v) is 18.6. The largest absolute Gasteiger partial charge is 0.493 e. The molecule has 168 valence electrons. The average Bonchev–Trinajstić information content (AvgIpc) is 2.83. The van der Waals surface area contributed by atoms with E-state index in [0.717, 1.165) is 22.2 Å². The minimum atomic E-state index is -0.228. The van der Waals surface area contributed by atoms with Gasteiger partial charge in [-0.3, -0.25) is 9.78 Å². The van der Waals surface area contributed by atoms with Crippen molar-refractivity contribution in [3.05, 3.63) is 78.5 Å². The Kier molecular flexibility index (Phi) is 6.59. The SMILES string of the molecule is COc1cc2nccc(Oc3ccc(OCC(=O)Nc4cccc(C)c4)cc3)c2cc1OC. The minimum Gasteiger partial charge on any atom is -0.493 e. The highest BCUT2D eigenvalue weighted by molar-refractivity contribution is 5.92. The van der Waals surface area contributed by atoms with Gasteiger partial charge in [-0.25, -0.2) is 0 Å². The maximum atomic E-state index is 12.1. The van der Waals surface area contributed by atoms with Crippen LogP contribution in [0.1, 0.15) is 5.56 Å². The Labute approximate surface area is 191 Å². The number of carbonyl (C=O) groups is 1. The second-order valence-corrected chi connectivity index (χ2v) is 7.31. The number of hydrogen-bond donors (Lipinski definition) is 1. The van der Waals surface area contributed by atoms with E-state index in [-0.39, 0.29) is 12.5 Å². The molecule has 0 aliphatic heterocycles. The third-order valence-electron chi connectivity index (χ3n) is 4.93. The Morgan fingerprint density at radius 3 is 2.33 bits per heavy atom. The fourth-order valence-electron chi connectivity index (χ4n) is 3.34. The molecule has 1 N–H and O–H groups in total. The van der Waals surface area contributed by atoms with E-state index in [1.165, 1.54) is 0 Å². The quantitative estimate of drug-likeness (QED) is 0.394. The van der Waals surface area contributed by atoms with Gasteiger partial charge in [0.2, 0.25) is 0 Å². The van der Waals surface area contributed by atoms with Crippen LogP contribution >= 0.6 is 0 Å². The van der Waals surface area contributed by atoms with E-state index in [0.29, 0.717) is 28.7 Å². The van der Waals surface area contributed by atoms with E-state index >= 15 is 0 Å². The van der Waals surface area contributed by atoms with Crippen LogP contribution < -0.4 is 24.3 Å². The summed E-state index contributed by atoms with van der Waals surface area (Å²) < 4.78 is 22.4. The topological polar surface area (TPSA) is 78.9 Å². The fraction of sp³-hybridized carbons (Fsp3) is 0.154. The Hall–Kier alpha value is -4.26. The fourth-order valence-corrected chi connectivity index (χ4v) is 3.34. The smallest absolute Gasteiger partial charge is 0.262 e. The van der Waals surface area contributed by atoms with Crippen molar-refractivity contribution in [2.24, 2.45) is 0 Å². The van der Waals surface area contributed by atoms with Gasteiger partial charge < -0.3 is 24.3 Å². The Bertz CT molecular complexity index is 1270. The number of pyridine rings is 1. The summed E-state index contributed by atoms with van der Waals surface area (Å²) in [6, 6.07) is 20.1. The van der Waals surface area contributed by atoms with Crippen LogP contribution in [0.4, 0.5) is 5.69 Å². The predicted octanol–water partition coefficient (Wildman–Crippen LogP) is 5.37. The van der Waals surface area contributed by atoms with E-state index in [9.17, 15) is 4.79 Å². The molecule has 0 unspecified atom stereocenters. The Balaban J connectivity index is 1.41. The van der Waals surface area contributed by atoms with Gasteiger partial charge in [0.25, 0.3) is 5.91 Å². The normalized spacial score (nSPS) is 10.5. The molecule has 1 heterocycles. The molecule has 0 aliphatic carbocycles. The molecule has 4 aromatic rings. The molecule has 0 fully saturated rings. The highest BCUT2D eigenvalue weighted by atomic mass is 16.5. The number of amides is 1. The van der Waals surface area contributed by atoms with Crippen LogP contribution in [0.25, 0.3) is 10.9 Å². The van der Waals surface area contributed by atoms with Crippen LogP contribution in [-0.2, 0) is 4.79 Å². The summed E-state index contributed by atoms with van der Waals surface area (Å²) in [4.78, 5) is 16.5. The van der Waals surface area contributed by atoms with Gasteiger partial charge in [-0.2, -0.15) is 0 Å². The number of ether oxygens (including phenoxy) is 4. The van der Waals surface area contributed by atoms with Gasteiger partial charge in [-0.05, 0) is 61.0 Å². The van der Waals surface area contributed by atoms with Gasteiger partial charge in [0.1, 0.15) is 17.2 Å². The van der Waals surface area contributed by atoms with Crippen LogP contribution in [0, 0.1) is 6.92 Å². The second-order valence-electron chi connectivity index (χ2n) is 7.31. The molecule has 0 saturated carbocycles. The molecule has 0 saturated heterocycles. The van der Waals surface area contributed by atoms with E-state index in [2.05, 4.69) is 10.3 Å². The van der Waals surface area contributed by atoms with E-state index in [4.69, 9.17) is 18.9 Å². The van der Waals surface area contributed by atoms with E-state index in [1.54, 1.807) is 56.8 Å². The molecule has 7 nitrogen and oxygen atoms in total. The van der Waals surface area contributed by atoms with Gasteiger partial charge in [0.05, 0.1) is 19.7 Å². The zero-order valence-electron chi connectivity index (χ0n) is 18.6.